The van der Waals surface area contributed by atoms with Crippen LogP contribution in [-0.2, 0) is 4.74 Å². The van der Waals surface area contributed by atoms with Gasteiger partial charge in [0.05, 0.1) is 25.6 Å². The Morgan fingerprint density at radius 3 is 2.53 bits per heavy atom. The lowest BCUT2D eigenvalue weighted by Gasteiger charge is -2.18. The molecule has 0 saturated carbocycles. The maximum absolute atomic E-state index is 12.8. The zero-order valence-corrected chi connectivity index (χ0v) is 19.3. The van der Waals surface area contributed by atoms with Crippen molar-refractivity contribution in [3.05, 3.63) is 58.0 Å². The van der Waals surface area contributed by atoms with E-state index in [0.29, 0.717) is 33.3 Å². The minimum absolute atomic E-state index is 0.0240. The lowest BCUT2D eigenvalue weighted by Crippen LogP contribution is -2.12. The Kier molecular flexibility index (Phi) is 7.32. The van der Waals surface area contributed by atoms with Crippen molar-refractivity contribution < 1.29 is 19.4 Å². The number of aromatic nitrogens is 4. The van der Waals surface area contributed by atoms with E-state index in [1.165, 1.54) is 7.11 Å². The van der Waals surface area contributed by atoms with E-state index < -0.39 is 12.1 Å². The number of esters is 1. The zero-order valence-electron chi connectivity index (χ0n) is 18.6. The van der Waals surface area contributed by atoms with Crippen LogP contribution in [-0.4, -0.2) is 51.6 Å². The maximum atomic E-state index is 12.8. The van der Waals surface area contributed by atoms with Crippen molar-refractivity contribution in [1.82, 2.24) is 19.7 Å². The van der Waals surface area contributed by atoms with E-state index in [-0.39, 0.29) is 24.2 Å². The number of methoxy groups -OCH3 is 1. The number of benzene rings is 1. The molecule has 0 aliphatic rings. The van der Waals surface area contributed by atoms with Gasteiger partial charge < -0.3 is 19.9 Å². The molecule has 9 nitrogen and oxygen atoms in total. The highest BCUT2D eigenvalue weighted by Gasteiger charge is 2.32. The van der Waals surface area contributed by atoms with Gasteiger partial charge in [-0.25, -0.2) is 14.5 Å². The van der Waals surface area contributed by atoms with E-state index >= 15 is 0 Å². The molecule has 32 heavy (non-hydrogen) atoms. The molecule has 3 aromatic rings. The first-order chi connectivity index (χ1) is 15.3. The molecule has 0 aliphatic heterocycles. The Labute approximate surface area is 191 Å². The molecule has 0 bridgehead atoms. The third-order valence-electron chi connectivity index (χ3n) is 4.83. The van der Waals surface area contributed by atoms with Gasteiger partial charge in [-0.15, -0.1) is 0 Å². The average Bonchev–Trinajstić information content (AvgIpc) is 3.19. The first-order valence-corrected chi connectivity index (χ1v) is 10.5. The summed E-state index contributed by atoms with van der Waals surface area (Å²) in [5, 5.41) is 19.4. The molecule has 0 saturated heterocycles. The van der Waals surface area contributed by atoms with Crippen LogP contribution < -0.4 is 10.1 Å². The summed E-state index contributed by atoms with van der Waals surface area (Å²) < 4.78 is 11.9. The predicted octanol–water partition coefficient (Wildman–Crippen LogP) is 3.75. The van der Waals surface area contributed by atoms with Crippen molar-refractivity contribution in [3.8, 4) is 11.7 Å². The monoisotopic (exact) mass is 459 g/mol. The minimum atomic E-state index is -1.13. The Morgan fingerprint density at radius 1 is 1.28 bits per heavy atom. The quantitative estimate of drug-likeness (QED) is 0.490. The molecule has 0 radical (unpaired) electrons. The van der Waals surface area contributed by atoms with Gasteiger partial charge in [-0.05, 0) is 30.5 Å². The molecule has 0 fully saturated rings. The smallest absolute Gasteiger partial charge is 0.359 e. The van der Waals surface area contributed by atoms with Gasteiger partial charge in [0.2, 0.25) is 0 Å². The summed E-state index contributed by atoms with van der Waals surface area (Å²) in [7, 11) is 3.18. The van der Waals surface area contributed by atoms with Crippen LogP contribution in [0.1, 0.15) is 60.1 Å². The number of carbonyl (C=O) groups excluding carboxylic acids is 1. The molecule has 2 N–H and O–H groups in total. The van der Waals surface area contributed by atoms with E-state index in [2.05, 4.69) is 20.4 Å². The first kappa shape index (κ1) is 23.5. The SMILES string of the molecule is CCOC(=O)c1nn(-c2cnc(OC)nc2NC)c(C(C)C)c1C(O)c1ccc(Cl)cc1. The molecule has 0 amide bonds. The van der Waals surface area contributed by atoms with Crippen LogP contribution in [0.5, 0.6) is 6.01 Å². The number of nitrogens with zero attached hydrogens (tertiary/aromatic N) is 4. The molecule has 3 rings (SSSR count). The molecule has 170 valence electrons. The van der Waals surface area contributed by atoms with Crippen molar-refractivity contribution in [2.45, 2.75) is 32.8 Å². The number of rotatable bonds is 8. The van der Waals surface area contributed by atoms with Gasteiger partial charge in [-0.1, -0.05) is 37.6 Å². The van der Waals surface area contributed by atoms with Gasteiger partial charge in [-0.3, -0.25) is 0 Å². The first-order valence-electron chi connectivity index (χ1n) is 10.1. The van der Waals surface area contributed by atoms with Gasteiger partial charge in [0, 0.05) is 17.6 Å². The van der Waals surface area contributed by atoms with Crippen molar-refractivity contribution >= 4 is 23.4 Å². The fraction of sp³-hybridized carbons (Fsp3) is 0.364. The summed E-state index contributed by atoms with van der Waals surface area (Å²) in [5.41, 5.74) is 2.08. The second kappa shape index (κ2) is 9.97. The highest BCUT2D eigenvalue weighted by atomic mass is 35.5. The van der Waals surface area contributed by atoms with Crippen LogP contribution in [0.4, 0.5) is 5.82 Å². The van der Waals surface area contributed by atoms with Gasteiger partial charge >= 0.3 is 12.0 Å². The molecular formula is C22H26ClN5O4. The fourth-order valence-electron chi connectivity index (χ4n) is 3.41. The van der Waals surface area contributed by atoms with E-state index in [0.717, 1.165) is 0 Å². The number of aliphatic hydroxyl groups excluding tert-OH is 1. The molecule has 1 unspecified atom stereocenters. The number of ether oxygens (including phenoxy) is 2. The summed E-state index contributed by atoms with van der Waals surface area (Å²) in [5.74, 6) is -0.296. The van der Waals surface area contributed by atoms with E-state index in [1.54, 1.807) is 49.1 Å². The normalized spacial score (nSPS) is 12.0. The van der Waals surface area contributed by atoms with E-state index in [9.17, 15) is 9.90 Å². The number of nitrogens with one attached hydrogen (secondary N) is 1. The van der Waals surface area contributed by atoms with Crippen LogP contribution in [0.25, 0.3) is 5.69 Å². The summed E-state index contributed by atoms with van der Waals surface area (Å²) in [6.45, 7) is 5.78. The van der Waals surface area contributed by atoms with Gasteiger partial charge in [0.1, 0.15) is 11.8 Å². The molecule has 10 heteroatoms. The number of anilines is 1. The van der Waals surface area contributed by atoms with Crippen LogP contribution in [0.15, 0.2) is 30.5 Å². The molecule has 1 aromatic carbocycles. The van der Waals surface area contributed by atoms with Crippen molar-refractivity contribution in [3.63, 3.8) is 0 Å². The van der Waals surface area contributed by atoms with Crippen LogP contribution in [0.2, 0.25) is 5.02 Å². The van der Waals surface area contributed by atoms with Crippen LogP contribution in [0.3, 0.4) is 0 Å². The second-order valence-corrected chi connectivity index (χ2v) is 7.67. The zero-order chi connectivity index (χ0) is 23.4. The Bertz CT molecular complexity index is 1100. The maximum Gasteiger partial charge on any atom is 0.359 e. The van der Waals surface area contributed by atoms with Gasteiger partial charge in [0.25, 0.3) is 0 Å². The summed E-state index contributed by atoms with van der Waals surface area (Å²) in [6.07, 6.45) is 0.416. The number of halogens is 1. The van der Waals surface area contributed by atoms with Crippen molar-refractivity contribution in [2.75, 3.05) is 26.1 Å². The molecule has 0 spiro atoms. The summed E-state index contributed by atoms with van der Waals surface area (Å²) in [4.78, 5) is 21.3. The van der Waals surface area contributed by atoms with Gasteiger partial charge in [0.15, 0.2) is 11.5 Å². The van der Waals surface area contributed by atoms with Gasteiger partial charge in [-0.2, -0.15) is 10.1 Å². The molecular weight excluding hydrogens is 434 g/mol. The Balaban J connectivity index is 2.29. The van der Waals surface area contributed by atoms with E-state index in [1.807, 2.05) is 13.8 Å². The van der Waals surface area contributed by atoms with Crippen LogP contribution >= 0.6 is 11.6 Å². The summed E-state index contributed by atoms with van der Waals surface area (Å²) in [6, 6.07) is 6.96. The van der Waals surface area contributed by atoms with E-state index in [4.69, 9.17) is 21.1 Å². The third-order valence-corrected chi connectivity index (χ3v) is 5.08. The van der Waals surface area contributed by atoms with Crippen LogP contribution in [0, 0.1) is 0 Å². The summed E-state index contributed by atoms with van der Waals surface area (Å²) >= 11 is 6.01. The number of hydrogen-bond donors (Lipinski definition) is 2. The third kappa shape index (κ3) is 4.53. The number of aliphatic hydroxyl groups is 1. The molecule has 1 atom stereocenters. The largest absolute Gasteiger partial charge is 0.467 e. The minimum Gasteiger partial charge on any atom is -0.467 e. The Hall–Kier alpha value is -3.17. The van der Waals surface area contributed by atoms with Crippen molar-refractivity contribution in [1.29, 1.82) is 0 Å². The number of carbonyl (C=O) groups is 1. The molecule has 2 aromatic heterocycles. The van der Waals surface area contributed by atoms with Crippen molar-refractivity contribution in [2.24, 2.45) is 0 Å². The lowest BCUT2D eigenvalue weighted by atomic mass is 9.94. The molecule has 0 aliphatic carbocycles. The Morgan fingerprint density at radius 2 is 1.97 bits per heavy atom. The highest BCUT2D eigenvalue weighted by Crippen LogP contribution is 2.36. The second-order valence-electron chi connectivity index (χ2n) is 7.23. The number of hydrogen-bond acceptors (Lipinski definition) is 8. The predicted molar refractivity (Wildman–Crippen MR) is 121 cm³/mol. The topological polar surface area (TPSA) is 111 Å². The lowest BCUT2D eigenvalue weighted by molar-refractivity contribution is 0.0513. The average molecular weight is 460 g/mol. The highest BCUT2D eigenvalue weighted by molar-refractivity contribution is 6.30. The standard InChI is InChI=1S/C22H26ClN5O4/c1-6-32-21(30)17-16(19(29)13-7-9-14(23)10-8-13)18(12(2)3)28(27-17)15-11-25-22(31-5)26-20(15)24-4/h7-12,19,29H,6H2,1-5H3,(H,24,25,26). The fourth-order valence-corrected chi connectivity index (χ4v) is 3.54. The molecule has 2 heterocycles.